The molecule has 4 heteroatoms. The molecular weight excluding hydrogens is 228 g/mol. The molecule has 1 atom stereocenters. The van der Waals surface area contributed by atoms with Crippen molar-refractivity contribution in [3.8, 4) is 0 Å². The maximum absolute atomic E-state index is 9.41. The van der Waals surface area contributed by atoms with E-state index in [4.69, 9.17) is 5.11 Å². The van der Waals surface area contributed by atoms with Crippen LogP contribution in [-0.4, -0.2) is 65.4 Å². The topological polar surface area (TPSA) is 46.9 Å². The summed E-state index contributed by atoms with van der Waals surface area (Å²) in [7, 11) is 0. The predicted molar refractivity (Wildman–Crippen MR) is 71.3 cm³/mol. The molecule has 0 unspecified atom stereocenters. The van der Waals surface area contributed by atoms with E-state index < -0.39 is 6.10 Å². The number of hydrogen-bond donors (Lipinski definition) is 2. The maximum Gasteiger partial charge on any atom is 0.0897 e. The Balaban J connectivity index is 1.73. The van der Waals surface area contributed by atoms with E-state index in [0.717, 1.165) is 32.7 Å². The molecule has 0 spiro atoms. The fraction of sp³-hybridized carbons (Fsp3) is 0.571. The normalized spacial score (nSPS) is 19.9. The molecule has 1 aliphatic rings. The van der Waals surface area contributed by atoms with Gasteiger partial charge in [0.25, 0.3) is 0 Å². The molecule has 1 aliphatic heterocycles. The molecular formula is C14H22N2O2. The molecule has 2 rings (SSSR count). The lowest BCUT2D eigenvalue weighted by atomic mass is 10.2. The van der Waals surface area contributed by atoms with E-state index in [1.54, 1.807) is 0 Å². The Labute approximate surface area is 108 Å². The van der Waals surface area contributed by atoms with E-state index in [1.807, 2.05) is 6.07 Å². The van der Waals surface area contributed by atoms with E-state index >= 15 is 0 Å². The molecule has 0 saturated carbocycles. The smallest absolute Gasteiger partial charge is 0.0897 e. The molecule has 1 aromatic rings. The van der Waals surface area contributed by atoms with Crippen LogP contribution >= 0.6 is 0 Å². The number of hydrogen-bond acceptors (Lipinski definition) is 4. The summed E-state index contributed by atoms with van der Waals surface area (Å²) in [6.07, 6.45) is -0.606. The van der Waals surface area contributed by atoms with E-state index in [9.17, 15) is 5.11 Å². The number of rotatable bonds is 5. The minimum Gasteiger partial charge on any atom is -0.394 e. The molecule has 0 amide bonds. The van der Waals surface area contributed by atoms with Gasteiger partial charge in [-0.15, -0.1) is 0 Å². The van der Waals surface area contributed by atoms with Crippen LogP contribution in [0.3, 0.4) is 0 Å². The van der Waals surface area contributed by atoms with Gasteiger partial charge >= 0.3 is 0 Å². The van der Waals surface area contributed by atoms with Gasteiger partial charge in [0.05, 0.1) is 12.7 Å². The zero-order valence-electron chi connectivity index (χ0n) is 10.7. The molecule has 1 saturated heterocycles. The van der Waals surface area contributed by atoms with E-state index in [1.165, 1.54) is 5.56 Å². The van der Waals surface area contributed by atoms with Crippen molar-refractivity contribution < 1.29 is 10.2 Å². The molecule has 2 N–H and O–H groups in total. The van der Waals surface area contributed by atoms with Gasteiger partial charge in [-0.2, -0.15) is 0 Å². The minimum absolute atomic E-state index is 0.149. The van der Waals surface area contributed by atoms with Crippen molar-refractivity contribution in [2.24, 2.45) is 0 Å². The Morgan fingerprint density at radius 2 is 1.61 bits per heavy atom. The highest BCUT2D eigenvalue weighted by molar-refractivity contribution is 5.14. The van der Waals surface area contributed by atoms with Gasteiger partial charge in [0.2, 0.25) is 0 Å². The fourth-order valence-electron chi connectivity index (χ4n) is 2.33. The van der Waals surface area contributed by atoms with E-state index in [2.05, 4.69) is 34.1 Å². The third-order valence-electron chi connectivity index (χ3n) is 3.39. The Hall–Kier alpha value is -0.940. The molecule has 1 heterocycles. The van der Waals surface area contributed by atoms with Crippen LogP contribution in [0, 0.1) is 0 Å². The van der Waals surface area contributed by atoms with Gasteiger partial charge in [0.1, 0.15) is 0 Å². The monoisotopic (exact) mass is 250 g/mol. The zero-order valence-corrected chi connectivity index (χ0v) is 10.7. The Bertz CT molecular complexity index is 337. The highest BCUT2D eigenvalue weighted by Gasteiger charge is 2.18. The lowest BCUT2D eigenvalue weighted by Gasteiger charge is -2.35. The first-order chi connectivity index (χ1) is 8.78. The average Bonchev–Trinajstić information content (AvgIpc) is 2.42. The van der Waals surface area contributed by atoms with Crippen molar-refractivity contribution in [1.29, 1.82) is 0 Å². The first kappa shape index (κ1) is 13.5. The maximum atomic E-state index is 9.41. The summed E-state index contributed by atoms with van der Waals surface area (Å²) in [4.78, 5) is 4.64. The van der Waals surface area contributed by atoms with Crippen LogP contribution in [0.4, 0.5) is 0 Å². The molecule has 100 valence electrons. The molecule has 0 aromatic heterocycles. The average molecular weight is 250 g/mol. The summed E-state index contributed by atoms with van der Waals surface area (Å²) in [6.45, 7) is 5.39. The summed E-state index contributed by atoms with van der Waals surface area (Å²) in [6, 6.07) is 10.5. The standard InChI is InChI=1S/C14H22N2O2/c17-12-14(18)11-16-8-6-15(7-9-16)10-13-4-2-1-3-5-13/h1-5,14,17-18H,6-12H2/t14-/m1/s1. The predicted octanol–water partition coefficient (Wildman–Crippen LogP) is 0.157. The van der Waals surface area contributed by atoms with E-state index in [-0.39, 0.29) is 6.61 Å². The Morgan fingerprint density at radius 3 is 2.22 bits per heavy atom. The second-order valence-electron chi connectivity index (χ2n) is 4.90. The van der Waals surface area contributed by atoms with Gasteiger partial charge in [0, 0.05) is 39.3 Å². The summed E-state index contributed by atoms with van der Waals surface area (Å²) in [5.74, 6) is 0. The highest BCUT2D eigenvalue weighted by Crippen LogP contribution is 2.08. The third-order valence-corrected chi connectivity index (χ3v) is 3.39. The van der Waals surface area contributed by atoms with E-state index in [0.29, 0.717) is 6.54 Å². The first-order valence-corrected chi connectivity index (χ1v) is 6.55. The number of nitrogens with zero attached hydrogens (tertiary/aromatic N) is 2. The highest BCUT2D eigenvalue weighted by atomic mass is 16.3. The number of β-amino-alcohol motifs (C(OH)–C–C–N with tert-alkyl or cyclic N) is 1. The second-order valence-corrected chi connectivity index (χ2v) is 4.90. The van der Waals surface area contributed by atoms with Crippen LogP contribution in [0.25, 0.3) is 0 Å². The zero-order chi connectivity index (χ0) is 12.8. The minimum atomic E-state index is -0.606. The third kappa shape index (κ3) is 4.07. The van der Waals surface area contributed by atoms with Gasteiger partial charge in [-0.3, -0.25) is 9.80 Å². The van der Waals surface area contributed by atoms with Crippen molar-refractivity contribution in [2.45, 2.75) is 12.6 Å². The second kappa shape index (κ2) is 6.85. The molecule has 1 aromatic carbocycles. The summed E-state index contributed by atoms with van der Waals surface area (Å²) in [5, 5.41) is 18.2. The van der Waals surface area contributed by atoms with Gasteiger partial charge in [-0.05, 0) is 5.56 Å². The van der Waals surface area contributed by atoms with Crippen molar-refractivity contribution >= 4 is 0 Å². The van der Waals surface area contributed by atoms with Crippen LogP contribution in [0.15, 0.2) is 30.3 Å². The molecule has 0 aliphatic carbocycles. The lowest BCUT2D eigenvalue weighted by molar-refractivity contribution is 0.0383. The van der Waals surface area contributed by atoms with Crippen LogP contribution in [0.5, 0.6) is 0 Å². The van der Waals surface area contributed by atoms with Crippen molar-refractivity contribution in [3.05, 3.63) is 35.9 Å². The number of benzene rings is 1. The summed E-state index contributed by atoms with van der Waals surface area (Å²) >= 11 is 0. The largest absolute Gasteiger partial charge is 0.394 e. The molecule has 1 fully saturated rings. The van der Waals surface area contributed by atoms with Gasteiger partial charge in [-0.25, -0.2) is 0 Å². The Morgan fingerprint density at radius 1 is 1.00 bits per heavy atom. The quantitative estimate of drug-likeness (QED) is 0.781. The molecule has 18 heavy (non-hydrogen) atoms. The van der Waals surface area contributed by atoms with Crippen LogP contribution in [-0.2, 0) is 6.54 Å². The number of piperazine rings is 1. The SMILES string of the molecule is OC[C@H](O)CN1CCN(Cc2ccccc2)CC1. The molecule has 4 nitrogen and oxygen atoms in total. The van der Waals surface area contributed by atoms with Crippen molar-refractivity contribution in [3.63, 3.8) is 0 Å². The van der Waals surface area contributed by atoms with Crippen molar-refractivity contribution in [2.75, 3.05) is 39.3 Å². The molecule has 0 bridgehead atoms. The summed E-state index contributed by atoms with van der Waals surface area (Å²) in [5.41, 5.74) is 1.35. The van der Waals surface area contributed by atoms with Crippen molar-refractivity contribution in [1.82, 2.24) is 9.80 Å². The van der Waals surface area contributed by atoms with Gasteiger partial charge < -0.3 is 10.2 Å². The number of aliphatic hydroxyl groups is 2. The number of aliphatic hydroxyl groups excluding tert-OH is 2. The van der Waals surface area contributed by atoms with Gasteiger partial charge in [-0.1, -0.05) is 30.3 Å². The Kier molecular flexibility index (Phi) is 5.13. The van der Waals surface area contributed by atoms with Gasteiger partial charge in [0.15, 0.2) is 0 Å². The molecule has 0 radical (unpaired) electrons. The first-order valence-electron chi connectivity index (χ1n) is 6.55. The van der Waals surface area contributed by atoms with Crippen LogP contribution in [0.2, 0.25) is 0 Å². The summed E-state index contributed by atoms with van der Waals surface area (Å²) < 4.78 is 0. The lowest BCUT2D eigenvalue weighted by Crippen LogP contribution is -2.48. The van der Waals surface area contributed by atoms with Crippen LogP contribution < -0.4 is 0 Å². The van der Waals surface area contributed by atoms with Crippen LogP contribution in [0.1, 0.15) is 5.56 Å². The fourth-order valence-corrected chi connectivity index (χ4v) is 2.33.